The predicted octanol–water partition coefficient (Wildman–Crippen LogP) is 9.14. The number of aryl methyl sites for hydroxylation is 6. The summed E-state index contributed by atoms with van der Waals surface area (Å²) in [6.45, 7) is 10.1. The van der Waals surface area contributed by atoms with Gasteiger partial charge in [-0.1, -0.05) is 36.4 Å². The van der Waals surface area contributed by atoms with Crippen LogP contribution in [0.25, 0.3) is 35.7 Å². The smallest absolute Gasteiger partial charge is 0.174 e. The molecule has 0 aliphatic carbocycles. The Bertz CT molecular complexity index is 2590. The van der Waals surface area contributed by atoms with Gasteiger partial charge in [-0.05, 0) is 136 Å². The van der Waals surface area contributed by atoms with E-state index in [0.29, 0.717) is 0 Å². The van der Waals surface area contributed by atoms with Gasteiger partial charge in [0.1, 0.15) is 11.6 Å². The van der Waals surface area contributed by atoms with Crippen LogP contribution in [-0.2, 0) is 13.1 Å². The fraction of sp³-hybridized carbons (Fsp3) is 0.250. The number of nitrogens with zero attached hydrogens (tertiary/aromatic N) is 12. The second-order valence-electron chi connectivity index (χ2n) is 15.6. The lowest BCUT2D eigenvalue weighted by Crippen LogP contribution is -2.18. The Labute approximate surface area is 350 Å². The molecule has 2 aliphatic rings. The van der Waals surface area contributed by atoms with Crippen molar-refractivity contribution in [3.05, 3.63) is 179 Å². The third-order valence-electron chi connectivity index (χ3n) is 11.1. The van der Waals surface area contributed by atoms with Crippen molar-refractivity contribution in [2.24, 2.45) is 0 Å². The molecule has 12 heteroatoms. The van der Waals surface area contributed by atoms with Crippen molar-refractivity contribution in [3.8, 4) is 11.4 Å². The summed E-state index contributed by atoms with van der Waals surface area (Å²) in [7, 11) is 0. The number of rotatable bonds is 8. The van der Waals surface area contributed by atoms with Crippen LogP contribution in [0.2, 0.25) is 0 Å². The van der Waals surface area contributed by atoms with Gasteiger partial charge in [0, 0.05) is 49.3 Å². The van der Waals surface area contributed by atoms with Gasteiger partial charge in [-0.3, -0.25) is 9.97 Å². The van der Waals surface area contributed by atoms with Gasteiger partial charge >= 0.3 is 0 Å². The monoisotopic (exact) mass is 792 g/mol. The molecule has 8 aromatic rings. The second kappa shape index (κ2) is 17.0. The van der Waals surface area contributed by atoms with Crippen LogP contribution in [0, 0.1) is 27.7 Å². The first-order valence-corrected chi connectivity index (χ1v) is 20.7. The van der Waals surface area contributed by atoms with Crippen LogP contribution in [0.1, 0.15) is 106 Å². The van der Waals surface area contributed by atoms with Gasteiger partial charge in [0.2, 0.25) is 0 Å². The maximum absolute atomic E-state index is 4.83. The largest absolute Gasteiger partial charge is 0.306 e. The molecule has 60 heavy (non-hydrogen) atoms. The van der Waals surface area contributed by atoms with E-state index in [2.05, 4.69) is 104 Å². The summed E-state index contributed by atoms with van der Waals surface area (Å²) >= 11 is 0. The van der Waals surface area contributed by atoms with Crippen LogP contribution >= 0.6 is 0 Å². The number of hydrogen-bond donors (Lipinski definition) is 0. The Hall–Kier alpha value is -7.08. The molecule has 0 spiro atoms. The van der Waals surface area contributed by atoms with Crippen molar-refractivity contribution in [1.82, 2.24) is 58.6 Å². The first kappa shape index (κ1) is 38.4. The van der Waals surface area contributed by atoms with Crippen LogP contribution in [0.4, 0.5) is 0 Å². The molecule has 2 atom stereocenters. The van der Waals surface area contributed by atoms with E-state index in [1.54, 1.807) is 0 Å². The highest BCUT2D eigenvalue weighted by Gasteiger charge is 2.27. The Morgan fingerprint density at radius 2 is 1.00 bits per heavy atom. The van der Waals surface area contributed by atoms with E-state index in [4.69, 9.17) is 20.2 Å². The molecule has 0 radical (unpaired) electrons. The number of imidazole rings is 2. The number of hydrogen-bond acceptors (Lipinski definition) is 8. The zero-order chi connectivity index (χ0) is 41.0. The van der Waals surface area contributed by atoms with Crippen molar-refractivity contribution < 1.29 is 0 Å². The normalized spacial score (nSPS) is 16.1. The molecular weight excluding hydrogens is 745 g/mol. The molecule has 0 fully saturated rings. The van der Waals surface area contributed by atoms with Crippen molar-refractivity contribution in [1.29, 1.82) is 0 Å². The zero-order valence-electron chi connectivity index (χ0n) is 34.5. The molecule has 0 saturated heterocycles. The fourth-order valence-electron chi connectivity index (χ4n) is 8.20. The summed E-state index contributed by atoms with van der Waals surface area (Å²) in [5, 5.41) is 9.42. The minimum absolute atomic E-state index is 0.217. The van der Waals surface area contributed by atoms with Gasteiger partial charge in [-0.25, -0.2) is 29.3 Å². The van der Waals surface area contributed by atoms with Gasteiger partial charge < -0.3 is 9.13 Å². The fourth-order valence-corrected chi connectivity index (χ4v) is 8.20. The minimum Gasteiger partial charge on any atom is -0.306 e. The summed E-state index contributed by atoms with van der Waals surface area (Å²) in [6, 6.07) is 25.0. The molecule has 300 valence electrons. The van der Waals surface area contributed by atoms with Crippen LogP contribution in [0.5, 0.6) is 0 Å². The Balaban J connectivity index is 0.000000154. The van der Waals surface area contributed by atoms with Gasteiger partial charge in [0.15, 0.2) is 11.6 Å². The maximum Gasteiger partial charge on any atom is 0.174 e. The van der Waals surface area contributed by atoms with Gasteiger partial charge in [0.05, 0.1) is 47.3 Å². The van der Waals surface area contributed by atoms with Crippen molar-refractivity contribution in [3.63, 3.8) is 0 Å². The van der Waals surface area contributed by atoms with E-state index >= 15 is 0 Å². The number of fused-ring (bicyclic) bond motifs is 2. The van der Waals surface area contributed by atoms with Crippen LogP contribution < -0.4 is 0 Å². The lowest BCUT2D eigenvalue weighted by Gasteiger charge is -2.21. The second-order valence-corrected chi connectivity index (χ2v) is 15.6. The predicted molar refractivity (Wildman–Crippen MR) is 235 cm³/mol. The van der Waals surface area contributed by atoms with E-state index in [1.165, 1.54) is 11.1 Å². The molecule has 6 aromatic heterocycles. The summed E-state index contributed by atoms with van der Waals surface area (Å²) in [5.41, 5.74) is 11.1. The first-order chi connectivity index (χ1) is 29.3. The molecule has 0 bridgehead atoms. The average molecular weight is 793 g/mol. The molecule has 12 nitrogen and oxygen atoms in total. The molecule has 8 heterocycles. The third kappa shape index (κ3) is 8.40. The Morgan fingerprint density at radius 1 is 0.533 bits per heavy atom. The molecule has 0 N–H and O–H groups in total. The molecular formula is C48H48N12. The first-order valence-electron chi connectivity index (χ1n) is 20.7. The van der Waals surface area contributed by atoms with Gasteiger partial charge in [-0.2, -0.15) is 10.2 Å². The summed E-state index contributed by atoms with van der Waals surface area (Å²) in [6.07, 6.45) is 23.9. The highest BCUT2D eigenvalue weighted by Crippen LogP contribution is 2.32. The number of benzene rings is 2. The van der Waals surface area contributed by atoms with Crippen LogP contribution in [0.15, 0.2) is 110 Å². The van der Waals surface area contributed by atoms with E-state index in [0.717, 1.165) is 107 Å². The van der Waals surface area contributed by atoms with E-state index in [-0.39, 0.29) is 11.8 Å². The third-order valence-corrected chi connectivity index (χ3v) is 11.1. The van der Waals surface area contributed by atoms with Gasteiger partial charge in [0.25, 0.3) is 0 Å². The van der Waals surface area contributed by atoms with E-state index in [9.17, 15) is 0 Å². The number of aromatic nitrogens is 12. The Kier molecular flexibility index (Phi) is 10.9. The highest BCUT2D eigenvalue weighted by molar-refractivity contribution is 5.69. The average Bonchev–Trinajstić information content (AvgIpc) is 4.10. The summed E-state index contributed by atoms with van der Waals surface area (Å²) in [5.74, 6) is 3.97. The molecule has 2 aromatic carbocycles. The summed E-state index contributed by atoms with van der Waals surface area (Å²) < 4.78 is 8.19. The standard InChI is InChI=1S/2C24H24N6/c2*1-17-14-19(8-10-22(17)29-15-18(2)26-16-29)9-11-23-27-24-20(6-5-13-30(24)28-23)21-7-3-4-12-25-21/h2*3-4,7-12,14-16,20H,5-6,13H2,1-2H3/b2*11-9+/t2*20-/m10/s1. The van der Waals surface area contributed by atoms with Crippen molar-refractivity contribution in [2.45, 2.75) is 78.3 Å². The molecule has 0 saturated carbocycles. The molecule has 10 rings (SSSR count). The van der Waals surface area contributed by atoms with Crippen LogP contribution in [-0.4, -0.2) is 58.6 Å². The zero-order valence-corrected chi connectivity index (χ0v) is 34.5. The molecule has 0 amide bonds. The van der Waals surface area contributed by atoms with Crippen LogP contribution in [0.3, 0.4) is 0 Å². The minimum atomic E-state index is 0.217. The Morgan fingerprint density at radius 3 is 1.38 bits per heavy atom. The molecule has 0 unspecified atom stereocenters. The van der Waals surface area contributed by atoms with Gasteiger partial charge in [-0.15, -0.1) is 0 Å². The lowest BCUT2D eigenvalue weighted by molar-refractivity contribution is 0.441. The number of pyridine rings is 2. The van der Waals surface area contributed by atoms with E-state index < -0.39 is 0 Å². The SMILES string of the molecule is Cc1cn(-c2ccc(/C=C/c3nc4n(n3)CCC[C@@H]4c3ccccn3)cc2C)cn1.Cc1cn(-c2ccc(/C=C/c3nc4n(n3)CCC[C@H]4c3ccccn3)cc2C)cn1. The van der Waals surface area contributed by atoms with Crippen molar-refractivity contribution >= 4 is 24.3 Å². The van der Waals surface area contributed by atoms with E-state index in [1.807, 2.05) is 97.1 Å². The quantitative estimate of drug-likeness (QED) is 0.149. The topological polar surface area (TPSA) is 123 Å². The van der Waals surface area contributed by atoms with Crippen molar-refractivity contribution in [2.75, 3.05) is 0 Å². The lowest BCUT2D eigenvalue weighted by atomic mass is 9.95. The summed E-state index contributed by atoms with van der Waals surface area (Å²) in [4.78, 5) is 27.4. The maximum atomic E-state index is 4.83. The highest BCUT2D eigenvalue weighted by atomic mass is 15.4. The molecule has 2 aliphatic heterocycles.